The van der Waals surface area contributed by atoms with Crippen molar-refractivity contribution in [1.29, 1.82) is 0 Å². The number of urea groups is 1. The molecular formula is C14H11N3O3S2. The van der Waals surface area contributed by atoms with Crippen LogP contribution in [0.15, 0.2) is 59.5 Å². The van der Waals surface area contributed by atoms with Gasteiger partial charge in [0.1, 0.15) is 0 Å². The van der Waals surface area contributed by atoms with Gasteiger partial charge in [-0.15, -0.1) is 0 Å². The van der Waals surface area contributed by atoms with Crippen molar-refractivity contribution in [2.24, 2.45) is 0 Å². The minimum Gasteiger partial charge on any atom is -0.290 e. The zero-order valence-corrected chi connectivity index (χ0v) is 12.8. The summed E-state index contributed by atoms with van der Waals surface area (Å²) < 4.78 is 31.1. The van der Waals surface area contributed by atoms with Crippen molar-refractivity contribution < 1.29 is 13.2 Å². The Morgan fingerprint density at radius 3 is 2.45 bits per heavy atom. The second-order valence-corrected chi connectivity index (χ2v) is 6.89. The molecule has 0 fully saturated rings. The number of nitrogens with one attached hydrogen (secondary N) is 2. The fraction of sp³-hybridized carbons (Fsp3) is 0. The van der Waals surface area contributed by atoms with Gasteiger partial charge in [-0.05, 0) is 35.8 Å². The van der Waals surface area contributed by atoms with Crippen LogP contribution in [0.3, 0.4) is 0 Å². The Balaban J connectivity index is 1.78. The molecule has 0 saturated heterocycles. The summed E-state index contributed by atoms with van der Waals surface area (Å²) in [6.07, 6.45) is 0. The van der Waals surface area contributed by atoms with E-state index in [0.717, 1.165) is 10.1 Å². The molecule has 0 spiro atoms. The molecule has 2 aromatic carbocycles. The molecule has 3 rings (SSSR count). The number of amides is 2. The summed E-state index contributed by atoms with van der Waals surface area (Å²) in [4.78, 5) is 11.9. The Labute approximate surface area is 131 Å². The molecule has 1 heterocycles. The van der Waals surface area contributed by atoms with Crippen molar-refractivity contribution in [3.63, 3.8) is 0 Å². The van der Waals surface area contributed by atoms with Crippen LogP contribution in [-0.4, -0.2) is 18.8 Å². The Morgan fingerprint density at radius 1 is 1.00 bits per heavy atom. The second kappa shape index (κ2) is 5.74. The molecule has 0 bridgehead atoms. The van der Waals surface area contributed by atoms with E-state index in [4.69, 9.17) is 0 Å². The predicted octanol–water partition coefficient (Wildman–Crippen LogP) is 2.81. The van der Waals surface area contributed by atoms with Gasteiger partial charge in [0.05, 0.1) is 9.60 Å². The third kappa shape index (κ3) is 2.92. The topological polar surface area (TPSA) is 88.2 Å². The first-order chi connectivity index (χ1) is 10.6. The molecule has 8 heteroatoms. The predicted molar refractivity (Wildman–Crippen MR) is 85.4 cm³/mol. The SMILES string of the molecule is O=C(Nc1nsc2ccccc12)NS(=O)(=O)c1ccccc1. The number of aromatic nitrogens is 1. The third-order valence-corrected chi connectivity index (χ3v) is 5.06. The van der Waals surface area contributed by atoms with E-state index >= 15 is 0 Å². The molecular weight excluding hydrogens is 322 g/mol. The molecule has 0 atom stereocenters. The first kappa shape index (κ1) is 14.5. The Kier molecular flexibility index (Phi) is 3.78. The highest BCUT2D eigenvalue weighted by atomic mass is 32.2. The Hall–Kier alpha value is -2.45. The molecule has 1 aromatic heterocycles. The number of benzene rings is 2. The summed E-state index contributed by atoms with van der Waals surface area (Å²) in [5, 5.41) is 3.22. The monoisotopic (exact) mass is 333 g/mol. The quantitative estimate of drug-likeness (QED) is 0.771. The minimum absolute atomic E-state index is 0.0216. The van der Waals surface area contributed by atoms with Crippen LogP contribution in [0.4, 0.5) is 10.6 Å². The lowest BCUT2D eigenvalue weighted by atomic mass is 10.3. The van der Waals surface area contributed by atoms with Gasteiger partial charge in [0.25, 0.3) is 10.0 Å². The molecule has 0 radical (unpaired) electrons. The van der Waals surface area contributed by atoms with Gasteiger partial charge in [-0.1, -0.05) is 30.3 Å². The molecule has 0 saturated carbocycles. The maximum absolute atomic E-state index is 12.0. The van der Waals surface area contributed by atoms with E-state index in [2.05, 4.69) is 9.69 Å². The van der Waals surface area contributed by atoms with Crippen LogP contribution in [0.25, 0.3) is 10.1 Å². The van der Waals surface area contributed by atoms with Crippen LogP contribution in [0.1, 0.15) is 0 Å². The van der Waals surface area contributed by atoms with Gasteiger partial charge < -0.3 is 0 Å². The highest BCUT2D eigenvalue weighted by molar-refractivity contribution is 7.90. The number of carbonyl (C=O) groups excluding carboxylic acids is 1. The fourth-order valence-electron chi connectivity index (χ4n) is 1.89. The summed E-state index contributed by atoms with van der Waals surface area (Å²) in [6.45, 7) is 0. The smallest absolute Gasteiger partial charge is 0.290 e. The van der Waals surface area contributed by atoms with E-state index in [9.17, 15) is 13.2 Å². The number of rotatable bonds is 3. The molecule has 22 heavy (non-hydrogen) atoms. The lowest BCUT2D eigenvalue weighted by molar-refractivity contribution is 0.256. The third-order valence-electron chi connectivity index (χ3n) is 2.89. The zero-order valence-electron chi connectivity index (χ0n) is 11.2. The van der Waals surface area contributed by atoms with Crippen molar-refractivity contribution in [2.45, 2.75) is 4.90 Å². The molecule has 0 aliphatic carbocycles. The molecule has 0 aliphatic rings. The van der Waals surface area contributed by atoms with E-state index in [1.165, 1.54) is 23.7 Å². The highest BCUT2D eigenvalue weighted by Gasteiger charge is 2.18. The van der Waals surface area contributed by atoms with E-state index in [1.807, 2.05) is 22.9 Å². The molecule has 0 aliphatic heterocycles. The highest BCUT2D eigenvalue weighted by Crippen LogP contribution is 2.26. The van der Waals surface area contributed by atoms with Gasteiger partial charge in [-0.3, -0.25) is 5.32 Å². The van der Waals surface area contributed by atoms with E-state index in [0.29, 0.717) is 5.82 Å². The van der Waals surface area contributed by atoms with Crippen molar-refractivity contribution in [1.82, 2.24) is 9.10 Å². The summed E-state index contributed by atoms with van der Waals surface area (Å²) in [6, 6.07) is 14.2. The summed E-state index contributed by atoms with van der Waals surface area (Å²) >= 11 is 1.23. The lowest BCUT2D eigenvalue weighted by Crippen LogP contribution is -2.34. The van der Waals surface area contributed by atoms with Gasteiger partial charge in [0, 0.05) is 5.39 Å². The Bertz CT molecular complexity index is 921. The Morgan fingerprint density at radius 2 is 1.68 bits per heavy atom. The van der Waals surface area contributed by atoms with Crippen LogP contribution in [0.5, 0.6) is 0 Å². The maximum atomic E-state index is 12.0. The molecule has 3 aromatic rings. The number of anilines is 1. The van der Waals surface area contributed by atoms with Gasteiger partial charge in [0.2, 0.25) is 0 Å². The number of fused-ring (bicyclic) bond motifs is 1. The van der Waals surface area contributed by atoms with E-state index in [-0.39, 0.29) is 4.90 Å². The van der Waals surface area contributed by atoms with Crippen molar-refractivity contribution in [2.75, 3.05) is 5.32 Å². The minimum atomic E-state index is -3.90. The molecule has 2 N–H and O–H groups in total. The van der Waals surface area contributed by atoms with Crippen molar-refractivity contribution in [3.8, 4) is 0 Å². The zero-order chi connectivity index (χ0) is 15.6. The summed E-state index contributed by atoms with van der Waals surface area (Å²) in [5.41, 5.74) is 0. The van der Waals surface area contributed by atoms with Crippen molar-refractivity contribution >= 4 is 43.5 Å². The molecule has 2 amide bonds. The standard InChI is InChI=1S/C14H11N3O3S2/c18-14(17-22(19,20)10-6-2-1-3-7-10)15-13-11-8-4-5-9-12(11)21-16-13/h1-9H,(H2,15,16,17,18). The summed E-state index contributed by atoms with van der Waals surface area (Å²) in [7, 11) is -3.90. The van der Waals surface area contributed by atoms with E-state index < -0.39 is 16.1 Å². The average Bonchev–Trinajstić information content (AvgIpc) is 2.91. The number of sulfonamides is 1. The second-order valence-electron chi connectivity index (χ2n) is 4.40. The maximum Gasteiger partial charge on any atom is 0.334 e. The average molecular weight is 333 g/mol. The first-order valence-electron chi connectivity index (χ1n) is 6.29. The largest absolute Gasteiger partial charge is 0.334 e. The van der Waals surface area contributed by atoms with Crippen LogP contribution in [-0.2, 0) is 10.0 Å². The van der Waals surface area contributed by atoms with Crippen LogP contribution < -0.4 is 10.0 Å². The van der Waals surface area contributed by atoms with Crippen LogP contribution >= 0.6 is 11.5 Å². The molecule has 0 unspecified atom stereocenters. The van der Waals surface area contributed by atoms with Gasteiger partial charge in [-0.25, -0.2) is 17.9 Å². The van der Waals surface area contributed by atoms with Crippen LogP contribution in [0.2, 0.25) is 0 Å². The molecule has 112 valence electrons. The number of nitrogens with zero attached hydrogens (tertiary/aromatic N) is 1. The fourth-order valence-corrected chi connectivity index (χ4v) is 3.55. The van der Waals surface area contributed by atoms with Gasteiger partial charge in [0.15, 0.2) is 5.82 Å². The van der Waals surface area contributed by atoms with E-state index in [1.54, 1.807) is 24.3 Å². The number of hydrogen-bond donors (Lipinski definition) is 2. The molecule has 6 nitrogen and oxygen atoms in total. The lowest BCUT2D eigenvalue weighted by Gasteiger charge is -2.07. The number of carbonyl (C=O) groups is 1. The first-order valence-corrected chi connectivity index (χ1v) is 8.55. The van der Waals surface area contributed by atoms with Gasteiger partial charge in [-0.2, -0.15) is 4.37 Å². The van der Waals surface area contributed by atoms with Gasteiger partial charge >= 0.3 is 6.03 Å². The summed E-state index contributed by atoms with van der Waals surface area (Å²) in [5.74, 6) is 0.335. The normalized spacial score (nSPS) is 11.3. The number of hydrogen-bond acceptors (Lipinski definition) is 5. The van der Waals surface area contributed by atoms with Crippen molar-refractivity contribution in [3.05, 3.63) is 54.6 Å². The van der Waals surface area contributed by atoms with Crippen LogP contribution in [0, 0.1) is 0 Å².